The van der Waals surface area contributed by atoms with Crippen LogP contribution in [0, 0.1) is 19.8 Å². The van der Waals surface area contributed by atoms with Crippen molar-refractivity contribution < 1.29 is 9.15 Å². The number of nitrogens with zero attached hydrogens (tertiary/aromatic N) is 4. The first-order valence-electron chi connectivity index (χ1n) is 10.6. The van der Waals surface area contributed by atoms with Gasteiger partial charge in [0.1, 0.15) is 5.76 Å². The zero-order chi connectivity index (χ0) is 19.8. The van der Waals surface area contributed by atoms with E-state index in [9.17, 15) is 0 Å². The molecule has 29 heavy (non-hydrogen) atoms. The number of hydrogen-bond acceptors (Lipinski definition) is 6. The van der Waals surface area contributed by atoms with Crippen LogP contribution in [0.25, 0.3) is 0 Å². The Hall–Kier alpha value is -0.910. The fraction of sp³-hybridized carbons (Fsp3) is 0.800. The first kappa shape index (κ1) is 24.4. The van der Waals surface area contributed by atoms with Gasteiger partial charge in [-0.1, -0.05) is 0 Å². The first-order chi connectivity index (χ1) is 13.6. The number of nitrogens with one attached hydrogen (secondary N) is 1. The normalized spacial score (nSPS) is 19.9. The Morgan fingerprint density at radius 3 is 2.55 bits per heavy atom. The molecular formula is C20H37IN6O2. The summed E-state index contributed by atoms with van der Waals surface area (Å²) in [6.07, 6.45) is 3.37. The minimum atomic E-state index is 0. The number of morpholine rings is 1. The number of aliphatic imine (C=N–C) groups is 1. The van der Waals surface area contributed by atoms with Crippen molar-refractivity contribution in [3.63, 3.8) is 0 Å². The van der Waals surface area contributed by atoms with E-state index in [-0.39, 0.29) is 24.0 Å². The number of likely N-dealkylation sites (tertiary alicyclic amines) is 1. The molecule has 2 aliphatic rings. The summed E-state index contributed by atoms with van der Waals surface area (Å²) >= 11 is 0. The molecule has 9 heteroatoms. The molecule has 1 aromatic heterocycles. The molecular weight excluding hydrogens is 483 g/mol. The fourth-order valence-corrected chi connectivity index (χ4v) is 3.75. The topological polar surface area (TPSA) is 92.2 Å². The largest absolute Gasteiger partial charge is 0.444 e. The minimum Gasteiger partial charge on any atom is -0.444 e. The second-order valence-corrected chi connectivity index (χ2v) is 7.93. The molecule has 0 unspecified atom stereocenters. The van der Waals surface area contributed by atoms with Crippen LogP contribution in [0.3, 0.4) is 0 Å². The van der Waals surface area contributed by atoms with Crippen molar-refractivity contribution in [3.8, 4) is 0 Å². The molecule has 166 valence electrons. The molecule has 0 radical (unpaired) electrons. The molecule has 0 aromatic carbocycles. The number of aromatic nitrogens is 1. The fourth-order valence-electron chi connectivity index (χ4n) is 3.75. The summed E-state index contributed by atoms with van der Waals surface area (Å²) in [6, 6.07) is 0. The van der Waals surface area contributed by atoms with E-state index in [1.807, 2.05) is 13.8 Å². The van der Waals surface area contributed by atoms with Gasteiger partial charge in [-0.15, -0.1) is 24.0 Å². The predicted molar refractivity (Wildman–Crippen MR) is 126 cm³/mol. The Kier molecular flexibility index (Phi) is 10.7. The first-order valence-corrected chi connectivity index (χ1v) is 10.6. The predicted octanol–water partition coefficient (Wildman–Crippen LogP) is 1.75. The number of guanidine groups is 1. The molecule has 2 saturated heterocycles. The van der Waals surface area contributed by atoms with Crippen LogP contribution < -0.4 is 11.1 Å². The highest BCUT2D eigenvalue weighted by molar-refractivity contribution is 14.0. The number of rotatable bonds is 8. The lowest BCUT2D eigenvalue weighted by molar-refractivity contribution is 0.0376. The van der Waals surface area contributed by atoms with Gasteiger partial charge in [0.25, 0.3) is 0 Å². The van der Waals surface area contributed by atoms with Gasteiger partial charge in [-0.3, -0.25) is 14.8 Å². The van der Waals surface area contributed by atoms with Crippen LogP contribution >= 0.6 is 24.0 Å². The van der Waals surface area contributed by atoms with Gasteiger partial charge in [-0.05, 0) is 58.7 Å². The molecule has 0 spiro atoms. The number of aryl methyl sites for hydroxylation is 2. The van der Waals surface area contributed by atoms with Crippen molar-refractivity contribution in [1.82, 2.24) is 20.1 Å². The molecule has 0 atom stereocenters. The van der Waals surface area contributed by atoms with Crippen molar-refractivity contribution >= 4 is 29.9 Å². The lowest BCUT2D eigenvalue weighted by atomic mass is 9.97. The number of hydrogen-bond donors (Lipinski definition) is 2. The van der Waals surface area contributed by atoms with Crippen molar-refractivity contribution in [3.05, 3.63) is 17.3 Å². The summed E-state index contributed by atoms with van der Waals surface area (Å²) < 4.78 is 11.1. The number of ether oxygens (including phenoxy) is 1. The molecule has 3 heterocycles. The zero-order valence-corrected chi connectivity index (χ0v) is 20.2. The Labute approximate surface area is 191 Å². The third-order valence-corrected chi connectivity index (χ3v) is 5.72. The van der Waals surface area contributed by atoms with Gasteiger partial charge in [0.15, 0.2) is 5.96 Å². The van der Waals surface area contributed by atoms with E-state index in [0.717, 1.165) is 102 Å². The molecule has 0 saturated carbocycles. The molecule has 3 N–H and O–H groups in total. The molecule has 0 aliphatic carbocycles. The summed E-state index contributed by atoms with van der Waals surface area (Å²) in [6.45, 7) is 13.5. The SMILES string of the molecule is Cc1nc(CN2CCC(CN=C(N)NCCCN3CCOCC3)CC2)oc1C.I. The van der Waals surface area contributed by atoms with E-state index < -0.39 is 0 Å². The van der Waals surface area contributed by atoms with Gasteiger partial charge in [0, 0.05) is 26.2 Å². The van der Waals surface area contributed by atoms with Gasteiger partial charge in [0.2, 0.25) is 5.89 Å². The van der Waals surface area contributed by atoms with Crippen LogP contribution in [-0.4, -0.2) is 79.8 Å². The maximum Gasteiger partial charge on any atom is 0.208 e. The summed E-state index contributed by atoms with van der Waals surface area (Å²) in [7, 11) is 0. The number of oxazole rings is 1. The maximum atomic E-state index is 6.03. The summed E-state index contributed by atoms with van der Waals surface area (Å²) in [5, 5.41) is 3.25. The molecule has 0 amide bonds. The van der Waals surface area contributed by atoms with E-state index in [1.54, 1.807) is 0 Å². The van der Waals surface area contributed by atoms with Crippen LogP contribution in [-0.2, 0) is 11.3 Å². The van der Waals surface area contributed by atoms with E-state index in [0.29, 0.717) is 11.9 Å². The van der Waals surface area contributed by atoms with Gasteiger partial charge in [-0.2, -0.15) is 0 Å². The van der Waals surface area contributed by atoms with E-state index >= 15 is 0 Å². The monoisotopic (exact) mass is 520 g/mol. The Balaban J connectivity index is 0.00000300. The van der Waals surface area contributed by atoms with Crippen LogP contribution in [0.5, 0.6) is 0 Å². The molecule has 8 nitrogen and oxygen atoms in total. The lowest BCUT2D eigenvalue weighted by Crippen LogP contribution is -2.39. The quantitative estimate of drug-likeness (QED) is 0.234. The number of piperidine rings is 1. The third kappa shape index (κ3) is 8.39. The molecule has 3 rings (SSSR count). The minimum absolute atomic E-state index is 0. The summed E-state index contributed by atoms with van der Waals surface area (Å²) in [4.78, 5) is 13.9. The van der Waals surface area contributed by atoms with Crippen LogP contribution in [0.4, 0.5) is 0 Å². The Morgan fingerprint density at radius 2 is 1.90 bits per heavy atom. The Bertz CT molecular complexity index is 605. The lowest BCUT2D eigenvalue weighted by Gasteiger charge is -2.30. The molecule has 1 aromatic rings. The average Bonchev–Trinajstić information content (AvgIpc) is 3.02. The van der Waals surface area contributed by atoms with Crippen molar-refractivity contribution in [2.45, 2.75) is 39.7 Å². The highest BCUT2D eigenvalue weighted by atomic mass is 127. The van der Waals surface area contributed by atoms with Gasteiger partial charge in [-0.25, -0.2) is 4.98 Å². The van der Waals surface area contributed by atoms with E-state index in [1.165, 1.54) is 0 Å². The second-order valence-electron chi connectivity index (χ2n) is 7.93. The number of halogens is 1. The maximum absolute atomic E-state index is 6.03. The van der Waals surface area contributed by atoms with Crippen LogP contribution in [0.15, 0.2) is 9.41 Å². The van der Waals surface area contributed by atoms with Crippen molar-refractivity contribution in [2.75, 3.05) is 59.0 Å². The molecule has 2 aliphatic heterocycles. The average molecular weight is 520 g/mol. The standard InChI is InChI=1S/C20H36N6O2.HI/c1-16-17(2)28-19(24-16)15-26-8-4-18(5-9-26)14-23-20(21)22-6-3-7-25-10-12-27-13-11-25;/h18H,3-15H2,1-2H3,(H3,21,22,23);1H. The Morgan fingerprint density at radius 1 is 1.17 bits per heavy atom. The van der Waals surface area contributed by atoms with Crippen molar-refractivity contribution in [2.24, 2.45) is 16.6 Å². The summed E-state index contributed by atoms with van der Waals surface area (Å²) in [5.41, 5.74) is 7.02. The third-order valence-electron chi connectivity index (χ3n) is 5.72. The van der Waals surface area contributed by atoms with Crippen LogP contribution in [0.2, 0.25) is 0 Å². The highest BCUT2D eigenvalue weighted by Gasteiger charge is 2.20. The molecule has 0 bridgehead atoms. The molecule has 2 fully saturated rings. The zero-order valence-electron chi connectivity index (χ0n) is 17.9. The van der Waals surface area contributed by atoms with Gasteiger partial charge < -0.3 is 20.2 Å². The smallest absolute Gasteiger partial charge is 0.208 e. The van der Waals surface area contributed by atoms with Crippen LogP contribution in [0.1, 0.15) is 36.6 Å². The van der Waals surface area contributed by atoms with Crippen molar-refractivity contribution in [1.29, 1.82) is 0 Å². The van der Waals surface area contributed by atoms with E-state index in [2.05, 4.69) is 25.1 Å². The second kappa shape index (κ2) is 12.7. The number of nitrogens with two attached hydrogens (primary N) is 1. The summed E-state index contributed by atoms with van der Waals surface area (Å²) in [5.74, 6) is 2.94. The van der Waals surface area contributed by atoms with Gasteiger partial charge >= 0.3 is 0 Å². The van der Waals surface area contributed by atoms with E-state index in [4.69, 9.17) is 14.9 Å². The van der Waals surface area contributed by atoms with Gasteiger partial charge in [0.05, 0.1) is 25.5 Å². The highest BCUT2D eigenvalue weighted by Crippen LogP contribution is 2.20.